The van der Waals surface area contributed by atoms with Crippen LogP contribution < -0.4 is 5.32 Å². The van der Waals surface area contributed by atoms with Crippen molar-refractivity contribution in [3.05, 3.63) is 0 Å². The molecule has 3 aliphatic heterocycles. The lowest BCUT2D eigenvalue weighted by atomic mass is 9.90. The Bertz CT molecular complexity index is 458. The summed E-state index contributed by atoms with van der Waals surface area (Å²) >= 11 is 0. The first-order valence-corrected chi connectivity index (χ1v) is 6.57. The van der Waals surface area contributed by atoms with E-state index in [0.29, 0.717) is 5.92 Å². The minimum absolute atomic E-state index is 0.0217. The van der Waals surface area contributed by atoms with Gasteiger partial charge in [-0.05, 0) is 12.3 Å². The molecule has 0 bridgehead atoms. The van der Waals surface area contributed by atoms with Crippen molar-refractivity contribution in [2.75, 3.05) is 33.2 Å². The molecule has 0 aliphatic carbocycles. The second-order valence-corrected chi connectivity index (χ2v) is 5.85. The molecule has 0 aromatic heterocycles. The van der Waals surface area contributed by atoms with E-state index in [1.807, 2.05) is 4.90 Å². The highest BCUT2D eigenvalue weighted by molar-refractivity contribution is 6.08. The van der Waals surface area contributed by atoms with Crippen LogP contribution in [0.25, 0.3) is 0 Å². The van der Waals surface area contributed by atoms with Crippen LogP contribution in [0.3, 0.4) is 0 Å². The van der Waals surface area contributed by atoms with Gasteiger partial charge in [0.2, 0.25) is 0 Å². The Morgan fingerprint density at radius 3 is 2.47 bits per heavy atom. The van der Waals surface area contributed by atoms with Crippen LogP contribution in [-0.2, 0) is 4.79 Å². The predicted molar refractivity (Wildman–Crippen MR) is 66.4 cm³/mol. The average molecular weight is 266 g/mol. The first-order chi connectivity index (χ1) is 8.93. The summed E-state index contributed by atoms with van der Waals surface area (Å²) in [6.07, 6.45) is 1.03. The quantitative estimate of drug-likeness (QED) is 0.611. The molecule has 0 aromatic carbocycles. The number of hydrogen-bond donors (Lipinski definition) is 1. The predicted octanol–water partition coefficient (Wildman–Crippen LogP) is -0.316. The molecule has 19 heavy (non-hydrogen) atoms. The van der Waals surface area contributed by atoms with Crippen LogP contribution in [-0.4, -0.2) is 71.4 Å². The maximum absolute atomic E-state index is 12.2. The molecule has 1 spiro atoms. The minimum atomic E-state index is -0.868. The summed E-state index contributed by atoms with van der Waals surface area (Å²) in [5.41, 5.74) is -0.868. The van der Waals surface area contributed by atoms with Crippen molar-refractivity contribution in [2.24, 2.45) is 5.92 Å². The molecule has 5 amide bonds. The molecule has 0 aromatic rings. The van der Waals surface area contributed by atoms with Crippen LogP contribution in [0.1, 0.15) is 13.3 Å². The van der Waals surface area contributed by atoms with Crippen LogP contribution in [0.5, 0.6) is 0 Å². The Balaban J connectivity index is 1.62. The van der Waals surface area contributed by atoms with E-state index in [-0.39, 0.29) is 31.1 Å². The number of carbonyl (C=O) groups excluding carboxylic acids is 3. The lowest BCUT2D eigenvalue weighted by Gasteiger charge is -2.46. The van der Waals surface area contributed by atoms with Crippen molar-refractivity contribution in [3.8, 4) is 0 Å². The number of amides is 5. The Kier molecular flexibility index (Phi) is 2.48. The van der Waals surface area contributed by atoms with Crippen molar-refractivity contribution in [1.29, 1.82) is 0 Å². The number of imide groups is 1. The lowest BCUT2D eigenvalue weighted by molar-refractivity contribution is -0.135. The fourth-order valence-corrected chi connectivity index (χ4v) is 3.02. The second kappa shape index (κ2) is 3.85. The monoisotopic (exact) mass is 266 g/mol. The van der Waals surface area contributed by atoms with E-state index in [2.05, 4.69) is 12.2 Å². The number of hydrogen-bond acceptors (Lipinski definition) is 3. The molecular formula is C12H18N4O3. The van der Waals surface area contributed by atoms with Crippen LogP contribution in [0.2, 0.25) is 0 Å². The summed E-state index contributed by atoms with van der Waals surface area (Å²) in [7, 11) is 1.46. The van der Waals surface area contributed by atoms with E-state index in [4.69, 9.17) is 0 Å². The smallest absolute Gasteiger partial charge is 0.324 e. The molecule has 3 rings (SSSR count). The van der Waals surface area contributed by atoms with Gasteiger partial charge in [-0.1, -0.05) is 6.92 Å². The molecule has 0 saturated carbocycles. The van der Waals surface area contributed by atoms with Gasteiger partial charge in [0.25, 0.3) is 5.91 Å². The normalized spacial score (nSPS) is 28.9. The van der Waals surface area contributed by atoms with Gasteiger partial charge in [-0.2, -0.15) is 0 Å². The third kappa shape index (κ3) is 1.67. The summed E-state index contributed by atoms with van der Waals surface area (Å²) in [6, 6.07) is -0.404. The van der Waals surface area contributed by atoms with Crippen LogP contribution in [0, 0.1) is 5.92 Å². The van der Waals surface area contributed by atoms with Crippen LogP contribution >= 0.6 is 0 Å². The second-order valence-electron chi connectivity index (χ2n) is 5.85. The molecular weight excluding hydrogens is 248 g/mol. The lowest BCUT2D eigenvalue weighted by Crippen LogP contribution is -2.73. The van der Waals surface area contributed by atoms with Gasteiger partial charge < -0.3 is 15.1 Å². The number of rotatable bonds is 0. The maximum atomic E-state index is 12.2. The molecule has 3 heterocycles. The molecule has 3 fully saturated rings. The molecule has 3 saturated heterocycles. The van der Waals surface area contributed by atoms with Gasteiger partial charge in [-0.25, -0.2) is 9.59 Å². The minimum Gasteiger partial charge on any atom is -0.324 e. The number of likely N-dealkylation sites (N-methyl/N-ethyl adjacent to an activating group) is 1. The van der Waals surface area contributed by atoms with Gasteiger partial charge in [-0.15, -0.1) is 0 Å². The largest absolute Gasteiger partial charge is 0.324 e. The molecule has 1 atom stereocenters. The van der Waals surface area contributed by atoms with E-state index in [0.717, 1.165) is 24.4 Å². The molecule has 7 heteroatoms. The van der Waals surface area contributed by atoms with Gasteiger partial charge in [0.15, 0.2) is 5.54 Å². The van der Waals surface area contributed by atoms with E-state index in [1.165, 1.54) is 7.05 Å². The molecule has 3 aliphatic rings. The maximum Gasteiger partial charge on any atom is 0.324 e. The van der Waals surface area contributed by atoms with Crippen LogP contribution in [0.15, 0.2) is 0 Å². The summed E-state index contributed by atoms with van der Waals surface area (Å²) in [6.45, 7) is 4.25. The molecule has 0 radical (unpaired) electrons. The number of urea groups is 2. The van der Waals surface area contributed by atoms with Gasteiger partial charge in [0.1, 0.15) is 0 Å². The Labute approximate surface area is 111 Å². The zero-order chi connectivity index (χ0) is 13.8. The number of nitrogens with one attached hydrogen (secondary N) is 1. The summed E-state index contributed by atoms with van der Waals surface area (Å²) in [5.74, 6) is 0.300. The van der Waals surface area contributed by atoms with Gasteiger partial charge in [0, 0.05) is 20.1 Å². The summed E-state index contributed by atoms with van der Waals surface area (Å²) in [5, 5.41) is 2.68. The first-order valence-electron chi connectivity index (χ1n) is 6.57. The van der Waals surface area contributed by atoms with E-state index < -0.39 is 5.54 Å². The van der Waals surface area contributed by atoms with Crippen molar-refractivity contribution in [1.82, 2.24) is 20.0 Å². The standard InChI is InChI=1S/C12H18N4O3/c1-8-3-4-15(5-8)11(19)16-6-12(7-16)9(17)14(2)10(18)13-12/h8H,3-7H2,1-2H3,(H,13,18). The number of likely N-dealkylation sites (tertiary alicyclic amines) is 2. The van der Waals surface area contributed by atoms with E-state index in [9.17, 15) is 14.4 Å². The Morgan fingerprint density at radius 1 is 1.32 bits per heavy atom. The molecule has 1 unspecified atom stereocenters. The number of carbonyl (C=O) groups is 3. The fraction of sp³-hybridized carbons (Fsp3) is 0.750. The summed E-state index contributed by atoms with van der Waals surface area (Å²) in [4.78, 5) is 40.1. The third-order valence-electron chi connectivity index (χ3n) is 4.25. The highest BCUT2D eigenvalue weighted by Crippen LogP contribution is 2.29. The number of nitrogens with zero attached hydrogens (tertiary/aromatic N) is 3. The first kappa shape index (κ1) is 12.3. The Morgan fingerprint density at radius 2 is 2.00 bits per heavy atom. The van der Waals surface area contributed by atoms with Crippen molar-refractivity contribution in [3.63, 3.8) is 0 Å². The zero-order valence-corrected chi connectivity index (χ0v) is 11.2. The van der Waals surface area contributed by atoms with Crippen LogP contribution in [0.4, 0.5) is 9.59 Å². The van der Waals surface area contributed by atoms with Gasteiger partial charge in [-0.3, -0.25) is 9.69 Å². The highest BCUT2D eigenvalue weighted by atomic mass is 16.2. The zero-order valence-electron chi connectivity index (χ0n) is 11.2. The fourth-order valence-electron chi connectivity index (χ4n) is 3.02. The average Bonchev–Trinajstić information content (AvgIpc) is 2.84. The third-order valence-corrected chi connectivity index (χ3v) is 4.25. The molecule has 7 nitrogen and oxygen atoms in total. The SMILES string of the molecule is CC1CCN(C(=O)N2CC3(C2)NC(=O)N(C)C3=O)C1. The van der Waals surface area contributed by atoms with E-state index >= 15 is 0 Å². The molecule has 104 valence electrons. The van der Waals surface area contributed by atoms with Crippen molar-refractivity contribution in [2.45, 2.75) is 18.9 Å². The molecule has 1 N–H and O–H groups in total. The Hall–Kier alpha value is -1.79. The topological polar surface area (TPSA) is 73.0 Å². The van der Waals surface area contributed by atoms with Crippen molar-refractivity contribution < 1.29 is 14.4 Å². The highest BCUT2D eigenvalue weighted by Gasteiger charge is 2.59. The summed E-state index contributed by atoms with van der Waals surface area (Å²) < 4.78 is 0. The van der Waals surface area contributed by atoms with Gasteiger partial charge >= 0.3 is 12.1 Å². The van der Waals surface area contributed by atoms with Gasteiger partial charge in [0.05, 0.1) is 13.1 Å². The van der Waals surface area contributed by atoms with Crippen molar-refractivity contribution >= 4 is 18.0 Å². The van der Waals surface area contributed by atoms with E-state index in [1.54, 1.807) is 4.90 Å².